The number of hydrogen-bond acceptors (Lipinski definition) is 7. The van der Waals surface area contributed by atoms with Crippen LogP contribution in [0.4, 0.5) is 20.7 Å². The number of carbonyl (C=O) groups excluding carboxylic acids is 1. The summed E-state index contributed by atoms with van der Waals surface area (Å²) in [6, 6.07) is 5.86. The highest BCUT2D eigenvalue weighted by Crippen LogP contribution is 2.38. The van der Waals surface area contributed by atoms with Gasteiger partial charge < -0.3 is 25.2 Å². The number of ether oxygens (including phenoxy) is 2. The molecule has 3 N–H and O–H groups in total. The van der Waals surface area contributed by atoms with Crippen molar-refractivity contribution < 1.29 is 23.8 Å². The molecule has 0 bridgehead atoms. The molecule has 1 aromatic heterocycles. The molecule has 1 saturated carbocycles. The second-order valence-corrected chi connectivity index (χ2v) is 9.75. The standard InChI is InChI=1S/C23H23Cl2FN4O4/c1-23(2,3)34-22(32)29-11-6-12(7-11)33-18-8-13-16(9-17(18)31)27-10-28-21(13)30-15-5-4-14(24)19(25)20(15)26/h4-5,8-12,31H,6-7H2,1-3H3,(H,29,32)(H,27,28,30). The predicted octanol–water partition coefficient (Wildman–Crippen LogP) is 5.96. The number of hydrogen-bond donors (Lipinski definition) is 3. The van der Waals surface area contributed by atoms with Crippen molar-refractivity contribution in [2.45, 2.75) is 51.4 Å². The Kier molecular flexibility index (Phi) is 6.60. The van der Waals surface area contributed by atoms with Crippen molar-refractivity contribution in [2.75, 3.05) is 5.32 Å². The SMILES string of the molecule is CC(C)(C)OC(=O)NC1CC(Oc2cc3c(Nc4ccc(Cl)c(Cl)c4F)ncnc3cc2O)C1. The summed E-state index contributed by atoms with van der Waals surface area (Å²) in [7, 11) is 0. The molecule has 8 nitrogen and oxygen atoms in total. The van der Waals surface area contributed by atoms with Gasteiger partial charge >= 0.3 is 6.09 Å². The van der Waals surface area contributed by atoms with Gasteiger partial charge in [-0.25, -0.2) is 19.2 Å². The van der Waals surface area contributed by atoms with Gasteiger partial charge in [0.2, 0.25) is 0 Å². The van der Waals surface area contributed by atoms with Crippen LogP contribution in [0.3, 0.4) is 0 Å². The number of nitrogens with one attached hydrogen (secondary N) is 2. The summed E-state index contributed by atoms with van der Waals surface area (Å²) in [6.45, 7) is 5.39. The Hall–Kier alpha value is -3.04. The van der Waals surface area contributed by atoms with E-state index in [9.17, 15) is 14.3 Å². The molecule has 180 valence electrons. The maximum Gasteiger partial charge on any atom is 0.407 e. The summed E-state index contributed by atoms with van der Waals surface area (Å²) in [4.78, 5) is 20.2. The molecule has 0 aliphatic heterocycles. The van der Waals surface area contributed by atoms with E-state index in [-0.39, 0.29) is 39.4 Å². The first-order chi connectivity index (χ1) is 16.0. The van der Waals surface area contributed by atoms with E-state index in [0.29, 0.717) is 29.6 Å². The molecule has 4 rings (SSSR count). The molecular formula is C23H23Cl2FN4O4. The molecule has 1 aliphatic carbocycles. The molecule has 1 fully saturated rings. The number of carbonyl (C=O) groups is 1. The molecule has 0 saturated heterocycles. The minimum absolute atomic E-state index is 0.0827. The van der Waals surface area contributed by atoms with Crippen molar-refractivity contribution in [1.29, 1.82) is 0 Å². The Morgan fingerprint density at radius 2 is 1.94 bits per heavy atom. The molecule has 1 aliphatic rings. The van der Waals surface area contributed by atoms with Crippen LogP contribution in [0.5, 0.6) is 11.5 Å². The Balaban J connectivity index is 1.48. The van der Waals surface area contributed by atoms with Gasteiger partial charge in [-0.2, -0.15) is 0 Å². The van der Waals surface area contributed by atoms with E-state index in [2.05, 4.69) is 20.6 Å². The predicted molar refractivity (Wildman–Crippen MR) is 128 cm³/mol. The second-order valence-electron chi connectivity index (χ2n) is 8.96. The number of halogens is 3. The van der Waals surface area contributed by atoms with Crippen LogP contribution in [0.15, 0.2) is 30.6 Å². The highest BCUT2D eigenvalue weighted by atomic mass is 35.5. The maximum atomic E-state index is 14.5. The van der Waals surface area contributed by atoms with E-state index in [0.717, 1.165) is 0 Å². The number of anilines is 2. The molecule has 11 heteroatoms. The molecule has 0 unspecified atom stereocenters. The minimum atomic E-state index is -0.714. The van der Waals surface area contributed by atoms with Gasteiger partial charge in [-0.05, 0) is 39.0 Å². The van der Waals surface area contributed by atoms with Gasteiger partial charge in [-0.15, -0.1) is 0 Å². The van der Waals surface area contributed by atoms with Gasteiger partial charge in [-0.1, -0.05) is 23.2 Å². The third kappa shape index (κ3) is 5.37. The quantitative estimate of drug-likeness (QED) is 0.365. The highest BCUT2D eigenvalue weighted by Gasteiger charge is 2.34. The van der Waals surface area contributed by atoms with Crippen molar-refractivity contribution in [1.82, 2.24) is 15.3 Å². The highest BCUT2D eigenvalue weighted by molar-refractivity contribution is 6.42. The summed E-state index contributed by atoms with van der Waals surface area (Å²) in [5, 5.41) is 16.5. The lowest BCUT2D eigenvalue weighted by Crippen LogP contribution is -2.50. The lowest BCUT2D eigenvalue weighted by atomic mass is 9.89. The zero-order valence-electron chi connectivity index (χ0n) is 18.7. The summed E-state index contributed by atoms with van der Waals surface area (Å²) < 4.78 is 25.7. The molecule has 1 heterocycles. The van der Waals surface area contributed by atoms with E-state index in [1.54, 1.807) is 26.8 Å². The molecule has 2 aromatic carbocycles. The molecule has 0 atom stereocenters. The van der Waals surface area contributed by atoms with E-state index in [1.807, 2.05) is 0 Å². The third-order valence-electron chi connectivity index (χ3n) is 5.11. The number of amides is 1. The molecular weight excluding hydrogens is 486 g/mol. The van der Waals surface area contributed by atoms with Gasteiger partial charge in [0.05, 0.1) is 21.2 Å². The van der Waals surface area contributed by atoms with Crippen molar-refractivity contribution in [2.24, 2.45) is 0 Å². The number of aromatic nitrogens is 2. The number of alkyl carbamates (subject to hydrolysis) is 1. The largest absolute Gasteiger partial charge is 0.504 e. The monoisotopic (exact) mass is 508 g/mol. The summed E-state index contributed by atoms with van der Waals surface area (Å²) in [5.74, 6) is -0.290. The average molecular weight is 509 g/mol. The van der Waals surface area contributed by atoms with E-state index in [4.69, 9.17) is 32.7 Å². The second kappa shape index (κ2) is 9.31. The molecule has 1 amide bonds. The van der Waals surface area contributed by atoms with Crippen LogP contribution >= 0.6 is 23.2 Å². The summed E-state index contributed by atoms with van der Waals surface area (Å²) in [5.41, 5.74) is -0.0600. The first-order valence-electron chi connectivity index (χ1n) is 10.5. The van der Waals surface area contributed by atoms with E-state index >= 15 is 0 Å². The zero-order chi connectivity index (χ0) is 24.6. The van der Waals surface area contributed by atoms with Gasteiger partial charge in [0, 0.05) is 30.3 Å². The van der Waals surface area contributed by atoms with Crippen LogP contribution in [0.25, 0.3) is 10.9 Å². The zero-order valence-corrected chi connectivity index (χ0v) is 20.2. The maximum absolute atomic E-state index is 14.5. The number of benzene rings is 2. The summed E-state index contributed by atoms with van der Waals surface area (Å²) >= 11 is 11.8. The summed E-state index contributed by atoms with van der Waals surface area (Å²) in [6.07, 6.45) is 1.71. The Morgan fingerprint density at radius 3 is 2.65 bits per heavy atom. The van der Waals surface area contributed by atoms with Crippen molar-refractivity contribution in [3.63, 3.8) is 0 Å². The number of nitrogens with zero attached hydrogens (tertiary/aromatic N) is 2. The Labute approximate surface area is 205 Å². The first-order valence-corrected chi connectivity index (χ1v) is 11.3. The number of rotatable bonds is 5. The van der Waals surface area contributed by atoms with Gasteiger partial charge in [-0.3, -0.25) is 0 Å². The van der Waals surface area contributed by atoms with Crippen LogP contribution < -0.4 is 15.4 Å². The number of fused-ring (bicyclic) bond motifs is 1. The lowest BCUT2D eigenvalue weighted by Gasteiger charge is -2.36. The molecule has 3 aromatic rings. The van der Waals surface area contributed by atoms with Crippen LogP contribution in [-0.2, 0) is 4.74 Å². The van der Waals surface area contributed by atoms with Crippen LogP contribution in [0, 0.1) is 5.82 Å². The smallest absolute Gasteiger partial charge is 0.407 e. The number of phenolic OH excluding ortho intramolecular Hbond substituents is 1. The number of phenols is 1. The van der Waals surface area contributed by atoms with Crippen LogP contribution in [-0.4, -0.2) is 38.9 Å². The normalized spacial score (nSPS) is 17.7. The lowest BCUT2D eigenvalue weighted by molar-refractivity contribution is 0.0358. The van der Waals surface area contributed by atoms with Gasteiger partial charge in [0.1, 0.15) is 23.9 Å². The fraction of sp³-hybridized carbons (Fsp3) is 0.348. The van der Waals surface area contributed by atoms with Crippen LogP contribution in [0.1, 0.15) is 33.6 Å². The van der Waals surface area contributed by atoms with Crippen molar-refractivity contribution in [3.8, 4) is 11.5 Å². The van der Waals surface area contributed by atoms with E-state index < -0.39 is 17.5 Å². The molecule has 34 heavy (non-hydrogen) atoms. The molecule has 0 radical (unpaired) electrons. The Bertz CT molecular complexity index is 1250. The van der Waals surface area contributed by atoms with Gasteiger partial charge in [0.25, 0.3) is 0 Å². The molecule has 0 spiro atoms. The van der Waals surface area contributed by atoms with Crippen molar-refractivity contribution in [3.05, 3.63) is 46.5 Å². The van der Waals surface area contributed by atoms with Crippen LogP contribution in [0.2, 0.25) is 10.0 Å². The topological polar surface area (TPSA) is 106 Å². The van der Waals surface area contributed by atoms with E-state index in [1.165, 1.54) is 24.5 Å². The van der Waals surface area contributed by atoms with Crippen molar-refractivity contribution >= 4 is 51.7 Å². The number of aromatic hydroxyl groups is 1. The third-order valence-corrected chi connectivity index (χ3v) is 5.89. The minimum Gasteiger partial charge on any atom is -0.504 e. The fourth-order valence-corrected chi connectivity index (χ4v) is 3.76. The van der Waals surface area contributed by atoms with Gasteiger partial charge in [0.15, 0.2) is 17.3 Å². The first kappa shape index (κ1) is 24.1. The average Bonchev–Trinajstić information content (AvgIpc) is 2.72. The fourth-order valence-electron chi connectivity index (χ4n) is 3.45. The Morgan fingerprint density at radius 1 is 1.21 bits per heavy atom.